The molecule has 6 rings (SSSR count). The van der Waals surface area contributed by atoms with E-state index < -0.39 is 0 Å². The number of carbonyl (C=O) groups is 2. The molecule has 3 amide bonds. The number of benzene rings is 3. The average molecular weight is 533 g/mol. The standard InChI is InChI=1S/C31H28N6O3/c38-29-16-28(22-4-2-1-3-5-22)30(34-37(29)18-21-6-10-27(35-40)11-7-21)23-8-12-26(13-9-23)33-31(39)36-19-24-14-15-32-17-25(24)20-36/h1-15,17,28,35,40H,16,18-20H2,(H,33,39). The van der Waals surface area contributed by atoms with Crippen LogP contribution in [0.15, 0.2) is 102 Å². The first-order chi connectivity index (χ1) is 19.6. The molecule has 0 aliphatic carbocycles. The Bertz CT molecular complexity index is 1530. The fourth-order valence-corrected chi connectivity index (χ4v) is 5.12. The topological polar surface area (TPSA) is 110 Å². The van der Waals surface area contributed by atoms with E-state index in [0.717, 1.165) is 33.5 Å². The molecule has 1 unspecified atom stereocenters. The molecule has 2 aliphatic heterocycles. The maximum absolute atomic E-state index is 13.2. The van der Waals surface area contributed by atoms with E-state index in [1.54, 1.807) is 29.4 Å². The Hall–Kier alpha value is -5.02. The minimum Gasteiger partial charge on any atom is -0.316 e. The first-order valence-electron chi connectivity index (χ1n) is 13.1. The summed E-state index contributed by atoms with van der Waals surface area (Å²) in [6.07, 6.45) is 3.84. The van der Waals surface area contributed by atoms with Crippen molar-refractivity contribution in [2.45, 2.75) is 32.0 Å². The Morgan fingerprint density at radius 2 is 1.62 bits per heavy atom. The normalized spacial score (nSPS) is 16.4. The number of hydrazone groups is 1. The molecule has 40 heavy (non-hydrogen) atoms. The van der Waals surface area contributed by atoms with Gasteiger partial charge in [-0.25, -0.2) is 9.80 Å². The SMILES string of the molecule is O=C(Nc1ccc(C2=NN(Cc3ccc(NO)cc3)C(=O)CC2c2ccccc2)cc1)N1Cc2ccncc2C1. The number of aromatic nitrogens is 1. The van der Waals surface area contributed by atoms with Gasteiger partial charge < -0.3 is 10.2 Å². The predicted octanol–water partition coefficient (Wildman–Crippen LogP) is 5.35. The molecule has 0 saturated carbocycles. The van der Waals surface area contributed by atoms with Gasteiger partial charge in [0.2, 0.25) is 5.91 Å². The zero-order valence-corrected chi connectivity index (χ0v) is 21.7. The fraction of sp³-hybridized carbons (Fsp3) is 0.161. The highest BCUT2D eigenvalue weighted by atomic mass is 16.5. The minimum atomic E-state index is -0.192. The van der Waals surface area contributed by atoms with Crippen LogP contribution < -0.4 is 10.8 Å². The van der Waals surface area contributed by atoms with E-state index in [4.69, 9.17) is 10.3 Å². The number of hydrogen-bond donors (Lipinski definition) is 3. The Balaban J connectivity index is 1.23. The van der Waals surface area contributed by atoms with Crippen molar-refractivity contribution in [3.05, 3.63) is 125 Å². The van der Waals surface area contributed by atoms with Crippen molar-refractivity contribution in [2.24, 2.45) is 5.10 Å². The van der Waals surface area contributed by atoms with Gasteiger partial charge in [0, 0.05) is 43.5 Å². The lowest BCUT2D eigenvalue weighted by atomic mass is 9.86. The van der Waals surface area contributed by atoms with Crippen LogP contribution in [0.5, 0.6) is 0 Å². The highest BCUT2D eigenvalue weighted by molar-refractivity contribution is 6.09. The number of hydrogen-bond acceptors (Lipinski definition) is 6. The van der Waals surface area contributed by atoms with Crippen molar-refractivity contribution in [2.75, 3.05) is 10.8 Å². The predicted molar refractivity (Wildman–Crippen MR) is 152 cm³/mol. The van der Waals surface area contributed by atoms with Crippen molar-refractivity contribution in [3.63, 3.8) is 0 Å². The number of rotatable bonds is 6. The van der Waals surface area contributed by atoms with Gasteiger partial charge in [-0.3, -0.25) is 20.5 Å². The summed E-state index contributed by atoms with van der Waals surface area (Å²) in [6.45, 7) is 1.41. The largest absolute Gasteiger partial charge is 0.322 e. The van der Waals surface area contributed by atoms with E-state index >= 15 is 0 Å². The Labute approximate surface area is 231 Å². The number of carbonyl (C=O) groups excluding carboxylic acids is 2. The summed E-state index contributed by atoms with van der Waals surface area (Å²) in [5, 5.41) is 18.4. The van der Waals surface area contributed by atoms with E-state index in [0.29, 0.717) is 37.4 Å². The quantitative estimate of drug-likeness (QED) is 0.290. The average Bonchev–Trinajstić information content (AvgIpc) is 3.44. The maximum atomic E-state index is 13.2. The van der Waals surface area contributed by atoms with Crippen LogP contribution in [0.2, 0.25) is 0 Å². The molecular formula is C31H28N6O3. The molecule has 0 bridgehead atoms. The molecular weight excluding hydrogens is 504 g/mol. The molecule has 3 aromatic carbocycles. The molecule has 0 spiro atoms. The van der Waals surface area contributed by atoms with Gasteiger partial charge in [-0.1, -0.05) is 54.6 Å². The molecule has 2 aliphatic rings. The molecule has 0 fully saturated rings. The monoisotopic (exact) mass is 532 g/mol. The molecule has 1 aromatic heterocycles. The van der Waals surface area contributed by atoms with Crippen LogP contribution in [-0.2, 0) is 24.4 Å². The van der Waals surface area contributed by atoms with Crippen molar-refractivity contribution in [1.82, 2.24) is 14.9 Å². The number of amides is 3. The number of nitrogens with zero attached hydrogens (tertiary/aromatic N) is 4. The van der Waals surface area contributed by atoms with Crippen molar-refractivity contribution < 1.29 is 14.8 Å². The lowest BCUT2D eigenvalue weighted by molar-refractivity contribution is -0.132. The third-order valence-corrected chi connectivity index (χ3v) is 7.29. The minimum absolute atomic E-state index is 0.0624. The van der Waals surface area contributed by atoms with E-state index in [1.165, 1.54) is 5.01 Å². The van der Waals surface area contributed by atoms with Crippen LogP contribution in [-0.4, -0.2) is 37.8 Å². The number of urea groups is 1. The zero-order chi connectivity index (χ0) is 27.5. The highest BCUT2D eigenvalue weighted by Gasteiger charge is 2.31. The molecule has 1 atom stereocenters. The molecule has 0 radical (unpaired) electrons. The first kappa shape index (κ1) is 25.3. The number of pyridine rings is 1. The van der Waals surface area contributed by atoms with Crippen LogP contribution in [0.25, 0.3) is 0 Å². The second-order valence-electron chi connectivity index (χ2n) is 9.92. The second kappa shape index (κ2) is 11.0. The molecule has 200 valence electrons. The summed E-state index contributed by atoms with van der Waals surface area (Å²) in [5.41, 5.74) is 9.13. The summed E-state index contributed by atoms with van der Waals surface area (Å²) in [6, 6.07) is 26.5. The molecule has 9 nitrogen and oxygen atoms in total. The molecule has 3 N–H and O–H groups in total. The summed E-state index contributed by atoms with van der Waals surface area (Å²) < 4.78 is 0. The van der Waals surface area contributed by atoms with Crippen LogP contribution in [0.4, 0.5) is 16.2 Å². The van der Waals surface area contributed by atoms with Gasteiger partial charge in [0.25, 0.3) is 0 Å². The Morgan fingerprint density at radius 1 is 0.900 bits per heavy atom. The lowest BCUT2D eigenvalue weighted by Gasteiger charge is -2.30. The molecule has 3 heterocycles. The van der Waals surface area contributed by atoms with Crippen LogP contribution >= 0.6 is 0 Å². The van der Waals surface area contributed by atoms with E-state index in [1.807, 2.05) is 72.8 Å². The summed E-state index contributed by atoms with van der Waals surface area (Å²) >= 11 is 0. The van der Waals surface area contributed by atoms with Gasteiger partial charge in [0.05, 0.1) is 17.9 Å². The lowest BCUT2D eigenvalue weighted by Crippen LogP contribution is -2.36. The summed E-state index contributed by atoms with van der Waals surface area (Å²) in [4.78, 5) is 32.0. The number of nitrogens with one attached hydrogen (secondary N) is 2. The van der Waals surface area contributed by atoms with Crippen LogP contribution in [0, 0.1) is 0 Å². The maximum Gasteiger partial charge on any atom is 0.322 e. The van der Waals surface area contributed by atoms with E-state index in [2.05, 4.69) is 15.8 Å². The van der Waals surface area contributed by atoms with Crippen molar-refractivity contribution in [1.29, 1.82) is 0 Å². The number of fused-ring (bicyclic) bond motifs is 1. The Morgan fingerprint density at radius 3 is 2.35 bits per heavy atom. The van der Waals surface area contributed by atoms with Gasteiger partial charge in [0.1, 0.15) is 0 Å². The van der Waals surface area contributed by atoms with Crippen molar-refractivity contribution in [3.8, 4) is 0 Å². The van der Waals surface area contributed by atoms with Gasteiger partial charge in [0.15, 0.2) is 0 Å². The second-order valence-corrected chi connectivity index (χ2v) is 9.92. The third kappa shape index (κ3) is 5.27. The number of anilines is 2. The molecule has 9 heteroatoms. The first-order valence-corrected chi connectivity index (χ1v) is 13.1. The van der Waals surface area contributed by atoms with Gasteiger partial charge in [-0.2, -0.15) is 5.10 Å². The smallest absolute Gasteiger partial charge is 0.316 e. The van der Waals surface area contributed by atoms with Gasteiger partial charge in [-0.15, -0.1) is 0 Å². The molecule has 4 aromatic rings. The Kier molecular flexibility index (Phi) is 6.95. The third-order valence-electron chi connectivity index (χ3n) is 7.29. The van der Waals surface area contributed by atoms with E-state index in [-0.39, 0.29) is 17.9 Å². The highest BCUT2D eigenvalue weighted by Crippen LogP contribution is 2.31. The van der Waals surface area contributed by atoms with Crippen LogP contribution in [0.1, 0.15) is 40.2 Å². The fourth-order valence-electron chi connectivity index (χ4n) is 5.12. The molecule has 0 saturated heterocycles. The summed E-state index contributed by atoms with van der Waals surface area (Å²) in [5.74, 6) is -0.254. The summed E-state index contributed by atoms with van der Waals surface area (Å²) in [7, 11) is 0. The van der Waals surface area contributed by atoms with Gasteiger partial charge >= 0.3 is 6.03 Å². The zero-order valence-electron chi connectivity index (χ0n) is 21.7. The van der Waals surface area contributed by atoms with Crippen molar-refractivity contribution >= 4 is 29.0 Å². The van der Waals surface area contributed by atoms with Crippen LogP contribution in [0.3, 0.4) is 0 Å². The van der Waals surface area contributed by atoms with Gasteiger partial charge in [-0.05, 0) is 58.1 Å². The van der Waals surface area contributed by atoms with E-state index in [9.17, 15) is 9.59 Å².